The van der Waals surface area contributed by atoms with Gasteiger partial charge in [-0.1, -0.05) is 12.1 Å². The van der Waals surface area contributed by atoms with Crippen LogP contribution >= 0.6 is 0 Å². The highest BCUT2D eigenvalue weighted by Gasteiger charge is 2.29. The number of alkyl halides is 3. The number of aromatic nitrogens is 3. The molecule has 0 unspecified atom stereocenters. The fourth-order valence-electron chi connectivity index (χ4n) is 2.27. The molecule has 0 aliphatic carbocycles. The van der Waals surface area contributed by atoms with Crippen LogP contribution in [0.15, 0.2) is 41.9 Å². The Morgan fingerprint density at radius 3 is 2.38 bits per heavy atom. The Kier molecular flexibility index (Phi) is 7.43. The molecule has 0 bridgehead atoms. The molecule has 142 valence electrons. The van der Waals surface area contributed by atoms with Gasteiger partial charge in [0.2, 0.25) is 0 Å². The zero-order chi connectivity index (χ0) is 18.8. The first-order valence-electron chi connectivity index (χ1n) is 8.49. The summed E-state index contributed by atoms with van der Waals surface area (Å²) in [5, 5.41) is 13.9. The molecule has 1 aromatic heterocycles. The van der Waals surface area contributed by atoms with Crippen LogP contribution in [0.25, 0.3) is 0 Å². The highest BCUT2D eigenvalue weighted by atomic mass is 19.4. The second-order valence-corrected chi connectivity index (χ2v) is 5.72. The first-order valence-corrected chi connectivity index (χ1v) is 8.49. The molecule has 9 heteroatoms. The van der Waals surface area contributed by atoms with Gasteiger partial charge in [-0.05, 0) is 37.5 Å². The quantitative estimate of drug-likeness (QED) is 0.427. The molecule has 0 radical (unpaired) electrons. The molecule has 26 heavy (non-hydrogen) atoms. The van der Waals surface area contributed by atoms with Crippen molar-refractivity contribution in [2.24, 2.45) is 4.99 Å². The first-order chi connectivity index (χ1) is 12.5. The molecule has 0 amide bonds. The monoisotopic (exact) mass is 368 g/mol. The Bertz CT molecular complexity index is 665. The average Bonchev–Trinajstić information content (AvgIpc) is 3.12. The maximum absolute atomic E-state index is 12.6. The summed E-state index contributed by atoms with van der Waals surface area (Å²) >= 11 is 0. The van der Waals surface area contributed by atoms with Gasteiger partial charge in [0, 0.05) is 19.6 Å². The molecular formula is C17H23F3N6. The number of hydrogen-bond donors (Lipinski definition) is 2. The molecule has 1 aromatic carbocycles. The Morgan fingerprint density at radius 2 is 1.77 bits per heavy atom. The van der Waals surface area contributed by atoms with Gasteiger partial charge < -0.3 is 15.2 Å². The Balaban J connectivity index is 1.78. The summed E-state index contributed by atoms with van der Waals surface area (Å²) in [6, 6.07) is 5.07. The number of guanidine groups is 1. The van der Waals surface area contributed by atoms with Crippen LogP contribution in [0.2, 0.25) is 0 Å². The van der Waals surface area contributed by atoms with Crippen LogP contribution in [0.5, 0.6) is 0 Å². The van der Waals surface area contributed by atoms with E-state index in [2.05, 4.69) is 25.8 Å². The fraction of sp³-hybridized carbons (Fsp3) is 0.471. The minimum absolute atomic E-state index is 0.314. The number of aliphatic imine (C=N–C) groups is 1. The van der Waals surface area contributed by atoms with Gasteiger partial charge in [0.05, 0.1) is 12.1 Å². The summed E-state index contributed by atoms with van der Waals surface area (Å²) < 4.78 is 39.6. The minimum atomic E-state index is -4.31. The van der Waals surface area contributed by atoms with Crippen molar-refractivity contribution in [1.29, 1.82) is 0 Å². The average molecular weight is 368 g/mol. The molecule has 2 rings (SSSR count). The van der Waals surface area contributed by atoms with E-state index in [1.54, 1.807) is 12.7 Å². The largest absolute Gasteiger partial charge is 0.416 e. The van der Waals surface area contributed by atoms with E-state index < -0.39 is 11.7 Å². The zero-order valence-corrected chi connectivity index (χ0v) is 14.6. The number of unbranched alkanes of at least 4 members (excludes halogenated alkanes) is 1. The van der Waals surface area contributed by atoms with E-state index in [1.807, 2.05) is 11.5 Å². The normalized spacial score (nSPS) is 12.2. The first kappa shape index (κ1) is 19.7. The van der Waals surface area contributed by atoms with Gasteiger partial charge in [-0.2, -0.15) is 13.2 Å². The molecule has 0 spiro atoms. The molecule has 6 nitrogen and oxygen atoms in total. The van der Waals surface area contributed by atoms with Gasteiger partial charge in [0.15, 0.2) is 5.96 Å². The third kappa shape index (κ3) is 6.73. The lowest BCUT2D eigenvalue weighted by molar-refractivity contribution is -0.137. The second-order valence-electron chi connectivity index (χ2n) is 5.72. The van der Waals surface area contributed by atoms with Crippen molar-refractivity contribution in [2.45, 2.75) is 39.0 Å². The van der Waals surface area contributed by atoms with Crippen LogP contribution in [0.1, 0.15) is 30.9 Å². The van der Waals surface area contributed by atoms with Crippen molar-refractivity contribution in [3.63, 3.8) is 0 Å². The van der Waals surface area contributed by atoms with E-state index in [-0.39, 0.29) is 0 Å². The van der Waals surface area contributed by atoms with Gasteiger partial charge in [-0.3, -0.25) is 0 Å². The second kappa shape index (κ2) is 9.79. The third-order valence-electron chi connectivity index (χ3n) is 3.65. The molecule has 2 N–H and O–H groups in total. The van der Waals surface area contributed by atoms with Crippen molar-refractivity contribution >= 4 is 5.96 Å². The lowest BCUT2D eigenvalue weighted by Crippen LogP contribution is -2.37. The summed E-state index contributed by atoms with van der Waals surface area (Å²) in [5.41, 5.74) is 0.0752. The highest BCUT2D eigenvalue weighted by molar-refractivity contribution is 5.79. The van der Waals surface area contributed by atoms with E-state index in [4.69, 9.17) is 0 Å². The van der Waals surface area contributed by atoms with Gasteiger partial charge in [0.1, 0.15) is 12.7 Å². The Labute approximate surface area is 150 Å². The van der Waals surface area contributed by atoms with E-state index in [0.717, 1.165) is 43.6 Å². The molecule has 0 aliphatic rings. The maximum Gasteiger partial charge on any atom is 0.416 e. The predicted octanol–water partition coefficient (Wildman–Crippen LogP) is 2.83. The van der Waals surface area contributed by atoms with E-state index >= 15 is 0 Å². The van der Waals surface area contributed by atoms with Crippen molar-refractivity contribution in [2.75, 3.05) is 13.1 Å². The Morgan fingerprint density at radius 1 is 1.08 bits per heavy atom. The topological polar surface area (TPSA) is 67.1 Å². The smallest absolute Gasteiger partial charge is 0.357 e. The number of rotatable bonds is 8. The summed E-state index contributed by atoms with van der Waals surface area (Å²) in [6.45, 7) is 4.59. The number of aryl methyl sites for hydroxylation is 1. The molecule has 0 fully saturated rings. The van der Waals surface area contributed by atoms with Crippen molar-refractivity contribution in [1.82, 2.24) is 25.4 Å². The molecule has 0 saturated heterocycles. The van der Waals surface area contributed by atoms with Crippen LogP contribution in [0.3, 0.4) is 0 Å². The van der Waals surface area contributed by atoms with E-state index in [9.17, 15) is 13.2 Å². The number of benzene rings is 1. The standard InChI is InChI=1S/C17H23F3N6/c1-2-21-16(22-9-3-4-10-26-12-24-25-13-26)23-11-14-5-7-15(8-6-14)17(18,19)20/h5-8,12-13H,2-4,9-11H2,1H3,(H2,21,22,23). The van der Waals surface area contributed by atoms with Crippen molar-refractivity contribution < 1.29 is 13.2 Å². The van der Waals surface area contributed by atoms with Crippen molar-refractivity contribution in [3.8, 4) is 0 Å². The van der Waals surface area contributed by atoms with Crippen molar-refractivity contribution in [3.05, 3.63) is 48.0 Å². The van der Waals surface area contributed by atoms with Crippen LogP contribution in [0.4, 0.5) is 13.2 Å². The zero-order valence-electron chi connectivity index (χ0n) is 14.6. The summed E-state index contributed by atoms with van der Waals surface area (Å²) in [7, 11) is 0. The maximum atomic E-state index is 12.6. The van der Waals surface area contributed by atoms with E-state index in [0.29, 0.717) is 19.0 Å². The molecule has 0 aliphatic heterocycles. The lowest BCUT2D eigenvalue weighted by atomic mass is 10.1. The SMILES string of the molecule is CCNC(=NCc1ccc(C(F)(F)F)cc1)NCCCCn1cnnc1. The number of nitrogens with one attached hydrogen (secondary N) is 2. The number of hydrogen-bond acceptors (Lipinski definition) is 3. The van der Waals surface area contributed by atoms with Gasteiger partial charge in [0.25, 0.3) is 0 Å². The van der Waals surface area contributed by atoms with Gasteiger partial charge in [-0.15, -0.1) is 10.2 Å². The van der Waals surface area contributed by atoms with Crippen LogP contribution < -0.4 is 10.6 Å². The predicted molar refractivity (Wildman–Crippen MR) is 93.5 cm³/mol. The molecule has 0 saturated carbocycles. The number of nitrogens with zero attached hydrogens (tertiary/aromatic N) is 4. The third-order valence-corrected chi connectivity index (χ3v) is 3.65. The van der Waals surface area contributed by atoms with Gasteiger partial charge in [-0.25, -0.2) is 4.99 Å². The highest BCUT2D eigenvalue weighted by Crippen LogP contribution is 2.29. The minimum Gasteiger partial charge on any atom is -0.357 e. The summed E-state index contributed by atoms with van der Waals surface area (Å²) in [5.74, 6) is 0.650. The van der Waals surface area contributed by atoms with E-state index in [1.165, 1.54) is 12.1 Å². The van der Waals surface area contributed by atoms with Gasteiger partial charge >= 0.3 is 6.18 Å². The molecule has 0 atom stereocenters. The lowest BCUT2D eigenvalue weighted by Gasteiger charge is -2.11. The molecule has 2 aromatic rings. The molecular weight excluding hydrogens is 345 g/mol. The number of halogens is 3. The fourth-order valence-corrected chi connectivity index (χ4v) is 2.27. The Hall–Kier alpha value is -2.58. The van der Waals surface area contributed by atoms with Crippen LogP contribution in [-0.2, 0) is 19.3 Å². The van der Waals surface area contributed by atoms with Crippen LogP contribution in [0, 0.1) is 0 Å². The summed E-state index contributed by atoms with van der Waals surface area (Å²) in [4.78, 5) is 4.41. The van der Waals surface area contributed by atoms with Crippen LogP contribution in [-0.4, -0.2) is 33.8 Å². The molecule has 1 heterocycles. The summed E-state index contributed by atoms with van der Waals surface area (Å²) in [6.07, 6.45) is 0.976.